The number of ether oxygens (including phenoxy) is 2. The number of benzene rings is 2. The summed E-state index contributed by atoms with van der Waals surface area (Å²) in [6.45, 7) is 4.78. The fourth-order valence-electron chi connectivity index (χ4n) is 4.19. The summed E-state index contributed by atoms with van der Waals surface area (Å²) >= 11 is 1.13. The lowest BCUT2D eigenvalue weighted by Gasteiger charge is -2.29. The first-order valence-corrected chi connectivity index (χ1v) is 14.5. The van der Waals surface area contributed by atoms with Gasteiger partial charge in [0.2, 0.25) is 10.0 Å². The summed E-state index contributed by atoms with van der Waals surface area (Å²) in [4.78, 5) is 41.9. The SMILES string of the molecule is CCOC(=O)Cn1c(=NC(=O)c2ccc(S(=O)(=O)N3CCC(C)CC3)cc2)sc2cc(C(=O)OC)ccc21. The minimum atomic E-state index is -3.64. The highest BCUT2D eigenvalue weighted by molar-refractivity contribution is 7.89. The van der Waals surface area contributed by atoms with Crippen LogP contribution in [0.5, 0.6) is 0 Å². The van der Waals surface area contributed by atoms with Gasteiger partial charge in [-0.2, -0.15) is 9.30 Å². The van der Waals surface area contributed by atoms with Crippen LogP contribution in [0.1, 0.15) is 47.4 Å². The smallest absolute Gasteiger partial charge is 0.337 e. The molecular weight excluding hydrogens is 530 g/mol. The van der Waals surface area contributed by atoms with Crippen molar-refractivity contribution in [1.82, 2.24) is 8.87 Å². The van der Waals surface area contributed by atoms with Gasteiger partial charge in [0.15, 0.2) is 4.80 Å². The molecule has 0 atom stereocenters. The molecule has 0 N–H and O–H groups in total. The van der Waals surface area contributed by atoms with Crippen molar-refractivity contribution in [1.29, 1.82) is 0 Å². The zero-order valence-corrected chi connectivity index (χ0v) is 23.0. The Balaban J connectivity index is 1.67. The van der Waals surface area contributed by atoms with Crippen molar-refractivity contribution in [3.8, 4) is 0 Å². The molecule has 0 radical (unpaired) electrons. The van der Waals surface area contributed by atoms with Crippen molar-refractivity contribution in [2.45, 2.75) is 38.1 Å². The normalized spacial score (nSPS) is 15.5. The van der Waals surface area contributed by atoms with E-state index in [9.17, 15) is 22.8 Å². The summed E-state index contributed by atoms with van der Waals surface area (Å²) in [6.07, 6.45) is 1.63. The minimum Gasteiger partial charge on any atom is -0.465 e. The Morgan fingerprint density at radius 2 is 1.71 bits per heavy atom. The van der Waals surface area contributed by atoms with Gasteiger partial charge in [-0.3, -0.25) is 9.59 Å². The summed E-state index contributed by atoms with van der Waals surface area (Å²) in [7, 11) is -2.36. The number of sulfonamides is 1. The van der Waals surface area contributed by atoms with Gasteiger partial charge in [-0.25, -0.2) is 13.2 Å². The Bertz CT molecular complexity index is 1530. The van der Waals surface area contributed by atoms with Crippen molar-refractivity contribution in [2.24, 2.45) is 10.9 Å². The molecule has 0 aliphatic carbocycles. The maximum absolute atomic E-state index is 13.1. The third-order valence-electron chi connectivity index (χ3n) is 6.38. The van der Waals surface area contributed by atoms with Gasteiger partial charge in [0, 0.05) is 18.7 Å². The van der Waals surface area contributed by atoms with Gasteiger partial charge in [-0.1, -0.05) is 18.3 Å². The highest BCUT2D eigenvalue weighted by Crippen LogP contribution is 2.24. The molecule has 0 bridgehead atoms. The topological polar surface area (TPSA) is 124 Å². The number of thiazole rings is 1. The summed E-state index contributed by atoms with van der Waals surface area (Å²) in [6, 6.07) is 10.5. The minimum absolute atomic E-state index is 0.123. The second-order valence-electron chi connectivity index (χ2n) is 8.98. The number of carbonyl (C=O) groups is 3. The first-order chi connectivity index (χ1) is 18.1. The fourth-order valence-corrected chi connectivity index (χ4v) is 6.72. The predicted octanol–water partition coefficient (Wildman–Crippen LogP) is 3.21. The van der Waals surface area contributed by atoms with Crippen molar-refractivity contribution in [2.75, 3.05) is 26.8 Å². The zero-order valence-electron chi connectivity index (χ0n) is 21.4. The molecule has 1 saturated heterocycles. The second-order valence-corrected chi connectivity index (χ2v) is 11.9. The number of aromatic nitrogens is 1. The van der Waals surface area contributed by atoms with Crippen molar-refractivity contribution >= 4 is 49.4 Å². The van der Waals surface area contributed by atoms with Gasteiger partial charge in [-0.15, -0.1) is 0 Å². The summed E-state index contributed by atoms with van der Waals surface area (Å²) < 4.78 is 39.5. The molecule has 38 heavy (non-hydrogen) atoms. The largest absolute Gasteiger partial charge is 0.465 e. The number of esters is 2. The molecule has 202 valence electrons. The van der Waals surface area contributed by atoms with E-state index in [-0.39, 0.29) is 28.4 Å². The van der Waals surface area contributed by atoms with Crippen LogP contribution in [0.2, 0.25) is 0 Å². The Morgan fingerprint density at radius 3 is 2.34 bits per heavy atom. The van der Waals surface area contributed by atoms with E-state index < -0.39 is 27.9 Å². The maximum Gasteiger partial charge on any atom is 0.337 e. The van der Waals surface area contributed by atoms with E-state index in [2.05, 4.69) is 11.9 Å². The number of amides is 1. The molecule has 1 aromatic heterocycles. The maximum atomic E-state index is 13.1. The van der Waals surface area contributed by atoms with Gasteiger partial charge in [0.1, 0.15) is 6.54 Å². The standard InChI is InChI=1S/C26H29N3O7S2/c1-4-36-23(30)16-29-21-10-7-19(25(32)35-3)15-22(21)37-26(29)27-24(31)18-5-8-20(9-6-18)38(33,34)28-13-11-17(2)12-14-28/h5-10,15,17H,4,11-14,16H2,1-3H3. The zero-order chi connectivity index (χ0) is 27.4. The quantitative estimate of drug-likeness (QED) is 0.407. The van der Waals surface area contributed by atoms with Gasteiger partial charge in [0.25, 0.3) is 5.91 Å². The molecule has 1 aliphatic rings. The number of fused-ring (bicyclic) bond motifs is 1. The van der Waals surface area contributed by atoms with Crippen LogP contribution in [-0.4, -0.2) is 61.9 Å². The van der Waals surface area contributed by atoms with Gasteiger partial charge in [-0.05, 0) is 68.1 Å². The second kappa shape index (κ2) is 11.6. The molecule has 1 fully saturated rings. The molecule has 3 aromatic rings. The van der Waals surface area contributed by atoms with Crippen LogP contribution < -0.4 is 4.80 Å². The molecule has 0 spiro atoms. The number of piperidine rings is 1. The van der Waals surface area contributed by atoms with Crippen LogP contribution in [0, 0.1) is 5.92 Å². The van der Waals surface area contributed by atoms with Crippen LogP contribution in [-0.2, 0) is 30.8 Å². The number of hydrogen-bond acceptors (Lipinski definition) is 8. The summed E-state index contributed by atoms with van der Waals surface area (Å²) in [5.41, 5.74) is 1.12. The molecule has 2 aromatic carbocycles. The highest BCUT2D eigenvalue weighted by Gasteiger charge is 2.28. The molecule has 12 heteroatoms. The lowest BCUT2D eigenvalue weighted by molar-refractivity contribution is -0.143. The number of carbonyl (C=O) groups excluding carboxylic acids is 3. The van der Waals surface area contributed by atoms with E-state index >= 15 is 0 Å². The van der Waals surface area contributed by atoms with Crippen molar-refractivity contribution in [3.05, 3.63) is 58.4 Å². The molecule has 2 heterocycles. The predicted molar refractivity (Wildman–Crippen MR) is 141 cm³/mol. The number of methoxy groups -OCH3 is 1. The van der Waals surface area contributed by atoms with Gasteiger partial charge < -0.3 is 14.0 Å². The van der Waals surface area contributed by atoms with E-state index in [4.69, 9.17) is 9.47 Å². The lowest BCUT2D eigenvalue weighted by Crippen LogP contribution is -2.37. The van der Waals surface area contributed by atoms with E-state index in [1.54, 1.807) is 29.7 Å². The summed E-state index contributed by atoms with van der Waals surface area (Å²) in [5.74, 6) is -1.12. The van der Waals surface area contributed by atoms with Gasteiger partial charge >= 0.3 is 11.9 Å². The monoisotopic (exact) mass is 559 g/mol. The van der Waals surface area contributed by atoms with E-state index in [0.29, 0.717) is 34.8 Å². The Morgan fingerprint density at radius 1 is 1.05 bits per heavy atom. The van der Waals surface area contributed by atoms with Crippen molar-refractivity contribution in [3.63, 3.8) is 0 Å². The number of nitrogens with zero attached hydrogens (tertiary/aromatic N) is 3. The fraction of sp³-hybridized carbons (Fsp3) is 0.385. The van der Waals surface area contributed by atoms with Crippen LogP contribution >= 0.6 is 11.3 Å². The number of hydrogen-bond donors (Lipinski definition) is 0. The molecule has 1 amide bonds. The van der Waals surface area contributed by atoms with Crippen LogP contribution in [0.15, 0.2) is 52.4 Å². The van der Waals surface area contributed by atoms with Crippen LogP contribution in [0.4, 0.5) is 0 Å². The van der Waals surface area contributed by atoms with Gasteiger partial charge in [0.05, 0.1) is 34.4 Å². The lowest BCUT2D eigenvalue weighted by atomic mass is 10.0. The number of rotatable bonds is 7. The molecule has 10 nitrogen and oxygen atoms in total. The Labute approximate surface area is 224 Å². The first-order valence-electron chi connectivity index (χ1n) is 12.2. The Hall–Kier alpha value is -3.35. The molecule has 4 rings (SSSR count). The third-order valence-corrected chi connectivity index (χ3v) is 9.33. The molecule has 0 saturated carbocycles. The van der Waals surface area contributed by atoms with E-state index in [1.165, 1.54) is 35.7 Å². The van der Waals surface area contributed by atoms with Crippen LogP contribution in [0.25, 0.3) is 10.2 Å². The first kappa shape index (κ1) is 27.7. The summed E-state index contributed by atoms with van der Waals surface area (Å²) in [5, 5.41) is 0. The van der Waals surface area contributed by atoms with E-state index in [0.717, 1.165) is 24.2 Å². The molecule has 0 unspecified atom stereocenters. The van der Waals surface area contributed by atoms with E-state index in [1.807, 2.05) is 0 Å². The third kappa shape index (κ3) is 5.87. The van der Waals surface area contributed by atoms with Crippen molar-refractivity contribution < 1.29 is 32.3 Å². The van der Waals surface area contributed by atoms with Crippen LogP contribution in [0.3, 0.4) is 0 Å². The Kier molecular flexibility index (Phi) is 8.44. The molecular formula is C26H29N3O7S2. The average molecular weight is 560 g/mol. The highest BCUT2D eigenvalue weighted by atomic mass is 32.2. The average Bonchev–Trinajstić information content (AvgIpc) is 3.24. The molecule has 1 aliphatic heterocycles.